The molecule has 3 fully saturated rings. The van der Waals surface area contributed by atoms with Gasteiger partial charge in [-0.2, -0.15) is 0 Å². The van der Waals surface area contributed by atoms with Crippen LogP contribution in [0.1, 0.15) is 30.0 Å². The summed E-state index contributed by atoms with van der Waals surface area (Å²) in [6.07, 6.45) is 1.89. The first-order chi connectivity index (χ1) is 14.2. The van der Waals surface area contributed by atoms with E-state index in [-0.39, 0.29) is 24.5 Å². The van der Waals surface area contributed by atoms with Crippen LogP contribution >= 0.6 is 0 Å². The molecule has 0 aromatic heterocycles. The first-order valence-electron chi connectivity index (χ1n) is 10.5. The lowest BCUT2D eigenvalue weighted by Crippen LogP contribution is -2.41. The largest absolute Gasteiger partial charge is 0.446 e. The average Bonchev–Trinajstić information content (AvgIpc) is 3.40. The Bertz CT molecular complexity index is 882. The van der Waals surface area contributed by atoms with Crippen molar-refractivity contribution in [1.29, 1.82) is 0 Å². The molecule has 5 rings (SSSR count). The summed E-state index contributed by atoms with van der Waals surface area (Å²) < 4.78 is 5.30. The summed E-state index contributed by atoms with van der Waals surface area (Å²) in [6.45, 7) is 2.72. The van der Waals surface area contributed by atoms with E-state index >= 15 is 0 Å². The molecule has 1 saturated carbocycles. The van der Waals surface area contributed by atoms with Crippen LogP contribution in [0.15, 0.2) is 60.7 Å². The molecule has 29 heavy (non-hydrogen) atoms. The van der Waals surface area contributed by atoms with E-state index in [9.17, 15) is 9.59 Å². The van der Waals surface area contributed by atoms with Crippen LogP contribution in [0.5, 0.6) is 0 Å². The van der Waals surface area contributed by atoms with Crippen LogP contribution in [0.25, 0.3) is 0 Å². The van der Waals surface area contributed by atoms with E-state index in [2.05, 4.69) is 29.2 Å². The van der Waals surface area contributed by atoms with Gasteiger partial charge < -0.3 is 4.74 Å². The van der Waals surface area contributed by atoms with Crippen LogP contribution < -0.4 is 0 Å². The highest BCUT2D eigenvalue weighted by atomic mass is 16.6. The van der Waals surface area contributed by atoms with E-state index in [0.717, 1.165) is 18.7 Å². The van der Waals surface area contributed by atoms with Gasteiger partial charge in [-0.25, -0.2) is 9.69 Å². The third kappa shape index (κ3) is 3.67. The minimum atomic E-state index is -0.500. The fraction of sp³-hybridized carbons (Fsp3) is 0.417. The van der Waals surface area contributed by atoms with Crippen molar-refractivity contribution in [1.82, 2.24) is 9.80 Å². The summed E-state index contributed by atoms with van der Waals surface area (Å²) in [5.74, 6) is 0.742. The first kappa shape index (κ1) is 18.4. The van der Waals surface area contributed by atoms with Crippen LogP contribution in [0.4, 0.5) is 4.79 Å². The third-order valence-electron chi connectivity index (χ3n) is 6.53. The summed E-state index contributed by atoms with van der Waals surface area (Å²) in [7, 11) is 0. The van der Waals surface area contributed by atoms with Crippen molar-refractivity contribution in [3.8, 4) is 0 Å². The van der Waals surface area contributed by atoms with Gasteiger partial charge in [0, 0.05) is 19.6 Å². The lowest BCUT2D eigenvalue weighted by atomic mass is 9.89. The highest BCUT2D eigenvalue weighted by Crippen LogP contribution is 2.45. The van der Waals surface area contributed by atoms with Gasteiger partial charge in [0.15, 0.2) is 0 Å². The summed E-state index contributed by atoms with van der Waals surface area (Å²) in [6, 6.07) is 19.8. The van der Waals surface area contributed by atoms with Crippen LogP contribution in [0.3, 0.4) is 0 Å². The number of amides is 2. The second-order valence-electron chi connectivity index (χ2n) is 8.50. The lowest BCUT2D eigenvalue weighted by Gasteiger charge is -2.25. The normalized spacial score (nSPS) is 27.2. The SMILES string of the molecule is O=C1OCC(c2ccccc2)N1C(=O)[C@@H]1CN(Cc2ccccc2)C[C@H]1C1CC1. The topological polar surface area (TPSA) is 49.9 Å². The quantitative estimate of drug-likeness (QED) is 0.778. The molecule has 1 unspecified atom stereocenters. The maximum absolute atomic E-state index is 13.6. The number of carbonyl (C=O) groups excluding carboxylic acids is 2. The summed E-state index contributed by atoms with van der Waals surface area (Å²) in [5, 5.41) is 0. The minimum Gasteiger partial charge on any atom is -0.446 e. The number of carbonyl (C=O) groups is 2. The molecule has 0 spiro atoms. The highest BCUT2D eigenvalue weighted by molar-refractivity contribution is 5.95. The number of hydrogen-bond donors (Lipinski definition) is 0. The molecule has 2 aromatic rings. The Morgan fingerprint density at radius 1 is 0.966 bits per heavy atom. The number of rotatable bonds is 5. The van der Waals surface area contributed by atoms with Crippen molar-refractivity contribution in [3.05, 3.63) is 71.8 Å². The molecule has 2 saturated heterocycles. The molecule has 3 atom stereocenters. The van der Waals surface area contributed by atoms with E-state index in [1.54, 1.807) is 0 Å². The van der Waals surface area contributed by atoms with Crippen LogP contribution in [-0.2, 0) is 16.1 Å². The Labute approximate surface area is 171 Å². The molecule has 2 heterocycles. The molecule has 0 bridgehead atoms. The van der Waals surface area contributed by atoms with Gasteiger partial charge in [0.1, 0.15) is 12.6 Å². The van der Waals surface area contributed by atoms with E-state index < -0.39 is 6.09 Å². The molecule has 2 amide bonds. The van der Waals surface area contributed by atoms with Gasteiger partial charge in [-0.05, 0) is 35.8 Å². The Morgan fingerprint density at radius 3 is 2.34 bits per heavy atom. The molecule has 2 aromatic carbocycles. The number of likely N-dealkylation sites (tertiary alicyclic amines) is 1. The molecule has 3 aliphatic rings. The molecule has 0 radical (unpaired) electrons. The molecular formula is C24H26N2O3. The predicted octanol–water partition coefficient (Wildman–Crippen LogP) is 3.86. The molecule has 5 nitrogen and oxygen atoms in total. The van der Waals surface area contributed by atoms with Crippen molar-refractivity contribution in [3.63, 3.8) is 0 Å². The number of imide groups is 1. The van der Waals surface area contributed by atoms with Crippen molar-refractivity contribution >= 4 is 12.0 Å². The summed E-state index contributed by atoms with van der Waals surface area (Å²) in [5.41, 5.74) is 2.21. The predicted molar refractivity (Wildman–Crippen MR) is 109 cm³/mol. The number of hydrogen-bond acceptors (Lipinski definition) is 4. The Kier molecular flexibility index (Phi) is 4.84. The van der Waals surface area contributed by atoms with Gasteiger partial charge >= 0.3 is 6.09 Å². The molecule has 0 N–H and O–H groups in total. The second kappa shape index (κ2) is 7.64. The number of nitrogens with zero attached hydrogens (tertiary/aromatic N) is 2. The van der Waals surface area contributed by atoms with Gasteiger partial charge in [0.05, 0.1) is 5.92 Å². The van der Waals surface area contributed by atoms with E-state index in [4.69, 9.17) is 4.74 Å². The monoisotopic (exact) mass is 390 g/mol. The van der Waals surface area contributed by atoms with Crippen molar-refractivity contribution in [2.75, 3.05) is 19.7 Å². The maximum atomic E-state index is 13.6. The van der Waals surface area contributed by atoms with Crippen molar-refractivity contribution in [2.45, 2.75) is 25.4 Å². The zero-order valence-electron chi connectivity index (χ0n) is 16.4. The molecule has 1 aliphatic carbocycles. The summed E-state index contributed by atoms with van der Waals surface area (Å²) in [4.78, 5) is 29.8. The average molecular weight is 390 g/mol. The molecular weight excluding hydrogens is 364 g/mol. The van der Waals surface area contributed by atoms with E-state index in [0.29, 0.717) is 18.4 Å². The van der Waals surface area contributed by atoms with Crippen LogP contribution in [-0.4, -0.2) is 41.5 Å². The van der Waals surface area contributed by atoms with Crippen LogP contribution in [0, 0.1) is 17.8 Å². The van der Waals surface area contributed by atoms with E-state index in [1.165, 1.54) is 23.3 Å². The minimum absolute atomic E-state index is 0.0613. The van der Waals surface area contributed by atoms with Gasteiger partial charge in [0.25, 0.3) is 0 Å². The number of benzene rings is 2. The number of cyclic esters (lactones) is 1. The maximum Gasteiger partial charge on any atom is 0.417 e. The molecule has 5 heteroatoms. The fourth-order valence-corrected chi connectivity index (χ4v) is 4.91. The van der Waals surface area contributed by atoms with Gasteiger partial charge in [0.2, 0.25) is 5.91 Å². The second-order valence-corrected chi connectivity index (χ2v) is 8.50. The Morgan fingerprint density at radius 2 is 1.66 bits per heavy atom. The van der Waals surface area contributed by atoms with Crippen molar-refractivity contribution < 1.29 is 14.3 Å². The summed E-state index contributed by atoms with van der Waals surface area (Å²) >= 11 is 0. The van der Waals surface area contributed by atoms with Crippen molar-refractivity contribution in [2.24, 2.45) is 17.8 Å². The highest BCUT2D eigenvalue weighted by Gasteiger charge is 2.50. The van der Waals surface area contributed by atoms with Gasteiger partial charge in [-0.1, -0.05) is 60.7 Å². The number of ether oxygens (including phenoxy) is 1. The smallest absolute Gasteiger partial charge is 0.417 e. The molecule has 150 valence electrons. The fourth-order valence-electron chi connectivity index (χ4n) is 4.91. The Hall–Kier alpha value is -2.66. The standard InChI is InChI=1S/C24H26N2O3/c27-23(26-22(16-29-24(26)28)19-9-5-2-6-10-19)21-15-25(14-20(21)18-11-12-18)13-17-7-3-1-4-8-17/h1-10,18,20-22H,11-16H2/t20-,21+,22?/m0/s1. The molecule has 2 aliphatic heterocycles. The van der Waals surface area contributed by atoms with Crippen LogP contribution in [0.2, 0.25) is 0 Å². The lowest BCUT2D eigenvalue weighted by molar-refractivity contribution is -0.134. The van der Waals surface area contributed by atoms with Gasteiger partial charge in [-0.3, -0.25) is 9.69 Å². The first-order valence-corrected chi connectivity index (χ1v) is 10.5. The Balaban J connectivity index is 1.36. The van der Waals surface area contributed by atoms with Gasteiger partial charge in [-0.15, -0.1) is 0 Å². The third-order valence-corrected chi connectivity index (χ3v) is 6.53. The zero-order valence-corrected chi connectivity index (χ0v) is 16.4. The van der Waals surface area contributed by atoms with E-state index in [1.807, 2.05) is 36.4 Å². The zero-order chi connectivity index (χ0) is 19.8.